The third-order valence-corrected chi connectivity index (χ3v) is 5.41. The van der Waals surface area contributed by atoms with E-state index in [0.717, 1.165) is 19.4 Å². The second kappa shape index (κ2) is 7.21. The Morgan fingerprint density at radius 1 is 1.47 bits per heavy atom. The number of nitrogens with zero attached hydrogens (tertiary/aromatic N) is 2. The van der Waals surface area contributed by atoms with Crippen LogP contribution in [0.2, 0.25) is 0 Å². The van der Waals surface area contributed by atoms with Gasteiger partial charge in [0.15, 0.2) is 0 Å². The Kier molecular flexibility index (Phi) is 6.22. The molecule has 0 bridgehead atoms. The van der Waals surface area contributed by atoms with Crippen molar-refractivity contribution in [2.75, 3.05) is 46.0 Å². The molecule has 0 aliphatic carbocycles. The van der Waals surface area contributed by atoms with Crippen LogP contribution in [0.15, 0.2) is 0 Å². The SMILES string of the molecule is CCS(=O)(=O)N1CCCC(C(=O)N(C)CCNC)C1. The average molecular weight is 291 g/mol. The van der Waals surface area contributed by atoms with Gasteiger partial charge < -0.3 is 10.2 Å². The highest BCUT2D eigenvalue weighted by atomic mass is 32.2. The summed E-state index contributed by atoms with van der Waals surface area (Å²) in [6.07, 6.45) is 1.54. The number of carbonyl (C=O) groups excluding carboxylic acids is 1. The molecular weight excluding hydrogens is 266 g/mol. The van der Waals surface area contributed by atoms with E-state index < -0.39 is 10.0 Å². The smallest absolute Gasteiger partial charge is 0.226 e. The van der Waals surface area contributed by atoms with Gasteiger partial charge in [-0.3, -0.25) is 4.79 Å². The average Bonchev–Trinajstić information content (AvgIpc) is 2.44. The van der Waals surface area contributed by atoms with E-state index >= 15 is 0 Å². The molecule has 0 aromatic rings. The second-order valence-corrected chi connectivity index (χ2v) is 7.22. The van der Waals surface area contributed by atoms with E-state index in [2.05, 4.69) is 5.32 Å². The minimum Gasteiger partial charge on any atom is -0.344 e. The molecular formula is C12H25N3O3S. The normalized spacial score (nSPS) is 21.3. The summed E-state index contributed by atoms with van der Waals surface area (Å²) >= 11 is 0. The summed E-state index contributed by atoms with van der Waals surface area (Å²) < 4.78 is 25.2. The standard InChI is InChI=1S/C12H25N3O3S/c1-4-19(17,18)15-8-5-6-11(10-15)12(16)14(3)9-7-13-2/h11,13H,4-10H2,1-3H3. The molecule has 0 radical (unpaired) electrons. The van der Waals surface area contributed by atoms with Gasteiger partial charge in [-0.25, -0.2) is 12.7 Å². The molecule has 19 heavy (non-hydrogen) atoms. The Hall–Kier alpha value is -0.660. The molecule has 1 saturated heterocycles. The Balaban J connectivity index is 2.62. The second-order valence-electron chi connectivity index (χ2n) is 4.96. The fraction of sp³-hybridized carbons (Fsp3) is 0.917. The molecule has 1 rings (SSSR count). The van der Waals surface area contributed by atoms with E-state index in [-0.39, 0.29) is 17.6 Å². The lowest BCUT2D eigenvalue weighted by Gasteiger charge is -2.33. The molecule has 1 atom stereocenters. The van der Waals surface area contributed by atoms with Gasteiger partial charge in [0.2, 0.25) is 15.9 Å². The van der Waals surface area contributed by atoms with Crippen molar-refractivity contribution >= 4 is 15.9 Å². The summed E-state index contributed by atoms with van der Waals surface area (Å²) in [4.78, 5) is 13.9. The molecule has 112 valence electrons. The first-order chi connectivity index (χ1) is 8.92. The summed E-state index contributed by atoms with van der Waals surface area (Å²) in [6, 6.07) is 0. The fourth-order valence-corrected chi connectivity index (χ4v) is 3.46. The molecule has 0 spiro atoms. The van der Waals surface area contributed by atoms with Crippen molar-refractivity contribution in [3.05, 3.63) is 0 Å². The molecule has 0 aromatic carbocycles. The fourth-order valence-electron chi connectivity index (χ4n) is 2.28. The largest absolute Gasteiger partial charge is 0.344 e. The van der Waals surface area contributed by atoms with Crippen molar-refractivity contribution in [3.63, 3.8) is 0 Å². The number of rotatable bonds is 6. The zero-order valence-corrected chi connectivity index (χ0v) is 12.9. The lowest BCUT2D eigenvalue weighted by molar-refractivity contribution is -0.135. The number of piperidine rings is 1. The topological polar surface area (TPSA) is 69.7 Å². The minimum atomic E-state index is -3.18. The highest BCUT2D eigenvalue weighted by Gasteiger charge is 2.32. The number of amides is 1. The van der Waals surface area contributed by atoms with E-state index in [4.69, 9.17) is 0 Å². The number of hydrogen-bond acceptors (Lipinski definition) is 4. The molecule has 1 N–H and O–H groups in total. The van der Waals surface area contributed by atoms with Crippen LogP contribution in [0.25, 0.3) is 0 Å². The molecule has 1 amide bonds. The van der Waals surface area contributed by atoms with Crippen LogP contribution in [0.5, 0.6) is 0 Å². The molecule has 1 aliphatic heterocycles. The summed E-state index contributed by atoms with van der Waals surface area (Å²) in [5.74, 6) is -0.0491. The Morgan fingerprint density at radius 2 is 2.16 bits per heavy atom. The molecule has 1 aliphatic rings. The van der Waals surface area contributed by atoms with Crippen molar-refractivity contribution in [2.45, 2.75) is 19.8 Å². The highest BCUT2D eigenvalue weighted by Crippen LogP contribution is 2.21. The van der Waals surface area contributed by atoms with E-state index in [9.17, 15) is 13.2 Å². The predicted octanol–water partition coefficient (Wildman–Crippen LogP) is -0.274. The molecule has 1 unspecified atom stereocenters. The number of likely N-dealkylation sites (N-methyl/N-ethyl adjacent to an activating group) is 2. The summed E-state index contributed by atoms with van der Waals surface area (Å²) in [6.45, 7) is 3.90. The summed E-state index contributed by atoms with van der Waals surface area (Å²) in [7, 11) is 0.432. The first-order valence-corrected chi connectivity index (χ1v) is 8.40. The maximum absolute atomic E-state index is 12.2. The van der Waals surface area contributed by atoms with Crippen molar-refractivity contribution in [1.82, 2.24) is 14.5 Å². The first-order valence-electron chi connectivity index (χ1n) is 6.79. The van der Waals surface area contributed by atoms with Crippen LogP contribution in [0.4, 0.5) is 0 Å². The van der Waals surface area contributed by atoms with Gasteiger partial charge in [-0.1, -0.05) is 0 Å². The van der Waals surface area contributed by atoms with Gasteiger partial charge >= 0.3 is 0 Å². The monoisotopic (exact) mass is 291 g/mol. The predicted molar refractivity (Wildman–Crippen MR) is 75.3 cm³/mol. The molecule has 1 heterocycles. The van der Waals surface area contributed by atoms with Crippen molar-refractivity contribution in [2.24, 2.45) is 5.92 Å². The van der Waals surface area contributed by atoms with E-state index in [1.54, 1.807) is 18.9 Å². The third-order valence-electron chi connectivity index (χ3n) is 3.56. The lowest BCUT2D eigenvalue weighted by atomic mass is 9.98. The molecule has 6 nitrogen and oxygen atoms in total. The zero-order chi connectivity index (χ0) is 14.5. The number of hydrogen-bond donors (Lipinski definition) is 1. The Bertz CT molecular complexity index is 397. The van der Waals surface area contributed by atoms with Crippen LogP contribution in [0.3, 0.4) is 0 Å². The van der Waals surface area contributed by atoms with Gasteiger partial charge in [-0.05, 0) is 26.8 Å². The van der Waals surface area contributed by atoms with Crippen LogP contribution in [0, 0.1) is 5.92 Å². The van der Waals surface area contributed by atoms with Gasteiger partial charge in [0.25, 0.3) is 0 Å². The highest BCUT2D eigenvalue weighted by molar-refractivity contribution is 7.89. The van der Waals surface area contributed by atoms with Gasteiger partial charge in [-0.2, -0.15) is 0 Å². The van der Waals surface area contributed by atoms with Gasteiger partial charge in [0.05, 0.1) is 11.7 Å². The Morgan fingerprint density at radius 3 is 2.74 bits per heavy atom. The minimum absolute atomic E-state index is 0.0475. The number of sulfonamides is 1. The van der Waals surface area contributed by atoms with E-state index in [0.29, 0.717) is 19.6 Å². The third kappa shape index (κ3) is 4.43. The van der Waals surface area contributed by atoms with Crippen molar-refractivity contribution in [3.8, 4) is 0 Å². The Labute approximate surface area is 116 Å². The van der Waals surface area contributed by atoms with Crippen LogP contribution >= 0.6 is 0 Å². The summed E-state index contributed by atoms with van der Waals surface area (Å²) in [5, 5.41) is 3.00. The molecule has 0 saturated carbocycles. The zero-order valence-electron chi connectivity index (χ0n) is 12.1. The maximum Gasteiger partial charge on any atom is 0.226 e. The maximum atomic E-state index is 12.2. The number of nitrogens with one attached hydrogen (secondary N) is 1. The van der Waals surface area contributed by atoms with Crippen LogP contribution in [-0.2, 0) is 14.8 Å². The first kappa shape index (κ1) is 16.4. The van der Waals surface area contributed by atoms with E-state index in [1.807, 2.05) is 7.05 Å². The molecule has 1 fully saturated rings. The lowest BCUT2D eigenvalue weighted by Crippen LogP contribution is -2.47. The van der Waals surface area contributed by atoms with E-state index in [1.165, 1.54) is 4.31 Å². The number of carbonyl (C=O) groups is 1. The molecule has 0 aromatic heterocycles. The van der Waals surface area contributed by atoms with Gasteiger partial charge in [0.1, 0.15) is 0 Å². The summed E-state index contributed by atoms with van der Waals surface area (Å²) in [5.41, 5.74) is 0. The quantitative estimate of drug-likeness (QED) is 0.731. The van der Waals surface area contributed by atoms with Crippen molar-refractivity contribution in [1.29, 1.82) is 0 Å². The van der Waals surface area contributed by atoms with Crippen LogP contribution in [0.1, 0.15) is 19.8 Å². The van der Waals surface area contributed by atoms with Crippen LogP contribution < -0.4 is 5.32 Å². The van der Waals surface area contributed by atoms with Gasteiger partial charge in [0, 0.05) is 33.2 Å². The van der Waals surface area contributed by atoms with Crippen LogP contribution in [-0.4, -0.2) is 69.6 Å². The molecule has 7 heteroatoms. The van der Waals surface area contributed by atoms with Crippen molar-refractivity contribution < 1.29 is 13.2 Å². The van der Waals surface area contributed by atoms with Gasteiger partial charge in [-0.15, -0.1) is 0 Å².